The van der Waals surface area contributed by atoms with Gasteiger partial charge in [-0.25, -0.2) is 0 Å². The van der Waals surface area contributed by atoms with Crippen molar-refractivity contribution in [3.05, 3.63) is 101 Å². The van der Waals surface area contributed by atoms with E-state index in [0.717, 1.165) is 48.4 Å². The Morgan fingerprint density at radius 2 is 1.91 bits per heavy atom. The Balaban J connectivity index is 1.86. The topological polar surface area (TPSA) is 24.4 Å². The smallest absolute Gasteiger partial charge is 0.0861 e. The first-order valence-electron chi connectivity index (χ1n) is 12.5. The van der Waals surface area contributed by atoms with Crippen molar-refractivity contribution in [3.63, 3.8) is 0 Å². The fraction of sp³-hybridized carbons (Fsp3) is 0.406. The first-order chi connectivity index (χ1) is 16.0. The lowest BCUT2D eigenvalue weighted by Crippen LogP contribution is -2.25. The van der Waals surface area contributed by atoms with Crippen LogP contribution in [0.2, 0.25) is 0 Å². The summed E-state index contributed by atoms with van der Waals surface area (Å²) < 4.78 is 0. The predicted octanol–water partition coefficient (Wildman–Crippen LogP) is 8.59. The van der Waals surface area contributed by atoms with Crippen molar-refractivity contribution in [1.29, 1.82) is 0 Å². The number of allylic oxidation sites excluding steroid dienone is 6. The van der Waals surface area contributed by atoms with Gasteiger partial charge in [-0.2, -0.15) is 0 Å². The third-order valence-corrected chi connectivity index (χ3v) is 6.94. The average Bonchev–Trinajstić information content (AvgIpc) is 3.15. The first-order valence-corrected chi connectivity index (χ1v) is 12.5. The van der Waals surface area contributed by atoms with Crippen molar-refractivity contribution in [3.8, 4) is 0 Å². The van der Waals surface area contributed by atoms with E-state index in [1.165, 1.54) is 33.4 Å². The molecule has 0 spiro atoms. The minimum absolute atomic E-state index is 0.233. The van der Waals surface area contributed by atoms with E-state index in [0.29, 0.717) is 0 Å². The Hall–Kier alpha value is -2.87. The fourth-order valence-corrected chi connectivity index (χ4v) is 5.37. The normalized spacial score (nSPS) is 20.9. The van der Waals surface area contributed by atoms with Crippen LogP contribution in [0.15, 0.2) is 84.2 Å². The van der Waals surface area contributed by atoms with Crippen LogP contribution in [0.1, 0.15) is 82.2 Å². The Kier molecular flexibility index (Phi) is 7.70. The summed E-state index contributed by atoms with van der Waals surface area (Å²) in [4.78, 5) is 4.96. The van der Waals surface area contributed by atoms with E-state index < -0.39 is 0 Å². The molecule has 180 valence electrons. The van der Waals surface area contributed by atoms with Crippen LogP contribution in [0.25, 0.3) is 5.57 Å². The van der Waals surface area contributed by atoms with E-state index in [-0.39, 0.29) is 17.4 Å². The van der Waals surface area contributed by atoms with E-state index >= 15 is 0 Å². The second-order valence-electron chi connectivity index (χ2n) is 11.0. The molecule has 2 nitrogen and oxygen atoms in total. The van der Waals surface area contributed by atoms with Crippen molar-refractivity contribution in [2.45, 2.75) is 73.3 Å². The summed E-state index contributed by atoms with van der Waals surface area (Å²) in [6, 6.07) is 4.79. The lowest BCUT2D eigenvalue weighted by atomic mass is 9.83. The standard InChI is InChI=1S/C32H42N2/c1-11-13-29-24(12-2)28(20(3)4)18-31(34-29)23(7)33-30-17-16-26-22(6)25(14-15-27(26)30)21(5)19-32(8,9)10/h11,13-15,18,24,30,33H,1,3,5,7,12,16-17,19H2,2,4,6,8-10H3/b29-13+/t24?,30-/m0/s1. The van der Waals surface area contributed by atoms with Crippen LogP contribution in [-0.4, -0.2) is 5.71 Å². The van der Waals surface area contributed by atoms with Crippen molar-refractivity contribution in [1.82, 2.24) is 5.32 Å². The Morgan fingerprint density at radius 1 is 1.21 bits per heavy atom. The van der Waals surface area contributed by atoms with Crippen LogP contribution in [0.4, 0.5) is 0 Å². The number of hydrogen-bond acceptors (Lipinski definition) is 2. The Bertz CT molecular complexity index is 1110. The second-order valence-corrected chi connectivity index (χ2v) is 11.0. The highest BCUT2D eigenvalue weighted by Gasteiger charge is 2.28. The third kappa shape index (κ3) is 5.43. The molecular weight excluding hydrogens is 412 g/mol. The van der Waals surface area contributed by atoms with Gasteiger partial charge >= 0.3 is 0 Å². The highest BCUT2D eigenvalue weighted by Crippen LogP contribution is 2.39. The van der Waals surface area contributed by atoms with E-state index in [1.807, 2.05) is 12.2 Å². The second kappa shape index (κ2) is 10.2. The molecule has 0 fully saturated rings. The summed E-state index contributed by atoms with van der Waals surface area (Å²) in [5, 5.41) is 3.70. The minimum Gasteiger partial charge on any atom is -0.377 e. The van der Waals surface area contributed by atoms with Crippen molar-refractivity contribution in [2.75, 3.05) is 0 Å². The molecule has 1 aromatic carbocycles. The van der Waals surface area contributed by atoms with Crippen LogP contribution >= 0.6 is 0 Å². The molecule has 0 amide bonds. The SMILES string of the molecule is C=C/C=C1/N=C(C(=C)N[C@H]2CCc3c2ccc(C(=C)CC(C)(C)C)c3C)C=C(C(=C)C)C1CC. The summed E-state index contributed by atoms with van der Waals surface area (Å²) in [6.45, 7) is 30.2. The number of dihydropyridines is 1. The molecule has 1 aliphatic carbocycles. The molecule has 1 aromatic rings. The number of hydrogen-bond donors (Lipinski definition) is 1. The van der Waals surface area contributed by atoms with Gasteiger partial charge in [-0.15, -0.1) is 0 Å². The average molecular weight is 455 g/mol. The summed E-state index contributed by atoms with van der Waals surface area (Å²) >= 11 is 0. The Morgan fingerprint density at radius 3 is 2.50 bits per heavy atom. The molecule has 34 heavy (non-hydrogen) atoms. The molecule has 1 aliphatic heterocycles. The number of nitrogens with zero attached hydrogens (tertiary/aromatic N) is 1. The molecule has 0 saturated carbocycles. The summed E-state index contributed by atoms with van der Waals surface area (Å²) in [6.07, 6.45) is 10.1. The van der Waals surface area contributed by atoms with Gasteiger partial charge in [-0.05, 0) is 90.5 Å². The van der Waals surface area contributed by atoms with Gasteiger partial charge in [0, 0.05) is 11.6 Å². The monoisotopic (exact) mass is 454 g/mol. The highest BCUT2D eigenvalue weighted by molar-refractivity contribution is 6.09. The van der Waals surface area contributed by atoms with Crippen LogP contribution in [-0.2, 0) is 6.42 Å². The first kappa shape index (κ1) is 25.7. The van der Waals surface area contributed by atoms with Gasteiger partial charge in [0.2, 0.25) is 0 Å². The molecule has 2 aliphatic rings. The highest BCUT2D eigenvalue weighted by atomic mass is 15.0. The molecule has 2 atom stereocenters. The number of rotatable bonds is 8. The summed E-state index contributed by atoms with van der Waals surface area (Å²) in [5.41, 5.74) is 12.1. The van der Waals surface area contributed by atoms with Crippen LogP contribution in [0, 0.1) is 18.3 Å². The van der Waals surface area contributed by atoms with Crippen LogP contribution in [0.3, 0.4) is 0 Å². The van der Waals surface area contributed by atoms with E-state index in [9.17, 15) is 0 Å². The molecule has 0 saturated heterocycles. The summed E-state index contributed by atoms with van der Waals surface area (Å²) in [7, 11) is 0. The van der Waals surface area contributed by atoms with Gasteiger partial charge in [-0.1, -0.05) is 77.8 Å². The molecule has 3 rings (SSSR count). The molecule has 0 aromatic heterocycles. The molecular formula is C32H42N2. The Labute approximate surface area is 207 Å². The number of nitrogens with one attached hydrogen (secondary N) is 1. The molecule has 1 N–H and O–H groups in total. The lowest BCUT2D eigenvalue weighted by Gasteiger charge is -2.27. The lowest BCUT2D eigenvalue weighted by molar-refractivity contribution is 0.427. The van der Waals surface area contributed by atoms with Gasteiger partial charge in [0.25, 0.3) is 0 Å². The molecule has 1 heterocycles. The fourth-order valence-electron chi connectivity index (χ4n) is 5.37. The van der Waals surface area contributed by atoms with Gasteiger partial charge in [0.05, 0.1) is 17.5 Å². The maximum absolute atomic E-state index is 4.96. The number of fused-ring (bicyclic) bond motifs is 1. The van der Waals surface area contributed by atoms with Crippen molar-refractivity contribution < 1.29 is 0 Å². The van der Waals surface area contributed by atoms with Gasteiger partial charge < -0.3 is 5.32 Å². The third-order valence-electron chi connectivity index (χ3n) is 6.94. The van der Waals surface area contributed by atoms with Crippen molar-refractivity contribution >= 4 is 11.3 Å². The van der Waals surface area contributed by atoms with Gasteiger partial charge in [-0.3, -0.25) is 4.99 Å². The van der Waals surface area contributed by atoms with Gasteiger partial charge in [0.15, 0.2) is 0 Å². The minimum atomic E-state index is 0.233. The number of aliphatic imine (C=N–C) groups is 1. The molecule has 2 heteroatoms. The summed E-state index contributed by atoms with van der Waals surface area (Å²) in [5.74, 6) is 0.251. The van der Waals surface area contributed by atoms with Crippen LogP contribution < -0.4 is 5.32 Å². The van der Waals surface area contributed by atoms with E-state index in [4.69, 9.17) is 4.99 Å². The maximum atomic E-state index is 4.96. The van der Waals surface area contributed by atoms with E-state index in [1.54, 1.807) is 0 Å². The van der Waals surface area contributed by atoms with Gasteiger partial charge in [0.1, 0.15) is 0 Å². The zero-order valence-electron chi connectivity index (χ0n) is 22.1. The van der Waals surface area contributed by atoms with E-state index in [2.05, 4.69) is 91.4 Å². The quantitative estimate of drug-likeness (QED) is 0.418. The molecule has 0 bridgehead atoms. The molecule has 0 radical (unpaired) electrons. The van der Waals surface area contributed by atoms with Crippen LogP contribution in [0.5, 0.6) is 0 Å². The largest absolute Gasteiger partial charge is 0.377 e. The van der Waals surface area contributed by atoms with Crippen molar-refractivity contribution in [2.24, 2.45) is 16.3 Å². The maximum Gasteiger partial charge on any atom is 0.0861 e. The molecule has 1 unspecified atom stereocenters. The number of benzene rings is 1. The predicted molar refractivity (Wildman–Crippen MR) is 150 cm³/mol. The zero-order valence-corrected chi connectivity index (χ0v) is 22.1. The zero-order chi connectivity index (χ0) is 25.2.